The van der Waals surface area contributed by atoms with Crippen molar-refractivity contribution in [1.82, 2.24) is 10.2 Å². The van der Waals surface area contributed by atoms with Crippen LogP contribution < -0.4 is 5.32 Å². The van der Waals surface area contributed by atoms with Crippen LogP contribution in [0.15, 0.2) is 0 Å². The van der Waals surface area contributed by atoms with Crippen LogP contribution in [0.5, 0.6) is 0 Å². The molecule has 0 radical (unpaired) electrons. The van der Waals surface area contributed by atoms with Crippen LogP contribution in [0.4, 0.5) is 0 Å². The van der Waals surface area contributed by atoms with Gasteiger partial charge >= 0.3 is 0 Å². The minimum atomic E-state index is -0.272. The van der Waals surface area contributed by atoms with Crippen molar-refractivity contribution in [2.45, 2.75) is 95.2 Å². The second-order valence-electron chi connectivity index (χ2n) is 7.20. The maximum absolute atomic E-state index is 9.58. The number of hydrogen-bond donors (Lipinski definition) is 1. The Balaban J connectivity index is 1.74. The quantitative estimate of drug-likeness (QED) is 0.690. The van der Waals surface area contributed by atoms with Crippen LogP contribution in [0.25, 0.3) is 0 Å². The van der Waals surface area contributed by atoms with E-state index in [1.54, 1.807) is 0 Å². The van der Waals surface area contributed by atoms with E-state index in [2.05, 4.69) is 30.3 Å². The summed E-state index contributed by atoms with van der Waals surface area (Å²) in [6, 6.07) is 3.96. The SMILES string of the molecule is CCC(C#N)(CCCN(C)C1CCCCCC1)NC1CC1. The number of hydrogen-bond acceptors (Lipinski definition) is 3. The van der Waals surface area contributed by atoms with Crippen LogP contribution >= 0.6 is 0 Å². The lowest BCUT2D eigenvalue weighted by Crippen LogP contribution is -2.45. The van der Waals surface area contributed by atoms with Crippen molar-refractivity contribution in [3.8, 4) is 6.07 Å². The first kappa shape index (κ1) is 16.8. The number of nitrogens with one attached hydrogen (secondary N) is 1. The maximum Gasteiger partial charge on any atom is 0.106 e. The van der Waals surface area contributed by atoms with Gasteiger partial charge in [-0.1, -0.05) is 32.6 Å². The van der Waals surface area contributed by atoms with Gasteiger partial charge in [-0.2, -0.15) is 5.26 Å². The summed E-state index contributed by atoms with van der Waals surface area (Å²) in [4.78, 5) is 2.56. The molecule has 1 atom stereocenters. The molecular weight excluding hydrogens is 258 g/mol. The Bertz CT molecular complexity index is 337. The lowest BCUT2D eigenvalue weighted by atomic mass is 9.91. The van der Waals surface area contributed by atoms with Gasteiger partial charge in [-0.05, 0) is 58.5 Å². The summed E-state index contributed by atoms with van der Waals surface area (Å²) in [5.74, 6) is 0. The number of nitrogens with zero attached hydrogens (tertiary/aromatic N) is 2. The highest BCUT2D eigenvalue weighted by Crippen LogP contribution is 2.27. The minimum Gasteiger partial charge on any atom is -0.303 e. The number of rotatable bonds is 8. The fraction of sp³-hybridized carbons (Fsp3) is 0.944. The average Bonchev–Trinajstić information content (AvgIpc) is 3.32. The molecule has 0 aliphatic heterocycles. The zero-order valence-corrected chi connectivity index (χ0v) is 14.0. The van der Waals surface area contributed by atoms with E-state index in [-0.39, 0.29) is 5.54 Å². The Morgan fingerprint density at radius 2 is 1.81 bits per heavy atom. The Labute approximate surface area is 131 Å². The molecule has 3 nitrogen and oxygen atoms in total. The molecule has 1 unspecified atom stereocenters. The molecule has 0 saturated heterocycles. The van der Waals surface area contributed by atoms with Crippen LogP contribution in [0.2, 0.25) is 0 Å². The molecule has 2 fully saturated rings. The summed E-state index contributed by atoms with van der Waals surface area (Å²) in [6.45, 7) is 3.29. The second-order valence-corrected chi connectivity index (χ2v) is 7.20. The topological polar surface area (TPSA) is 39.1 Å². The maximum atomic E-state index is 9.58. The van der Waals surface area contributed by atoms with Crippen molar-refractivity contribution >= 4 is 0 Å². The van der Waals surface area contributed by atoms with E-state index in [9.17, 15) is 5.26 Å². The third kappa shape index (κ3) is 5.27. The molecule has 2 aliphatic rings. The van der Waals surface area contributed by atoms with Crippen molar-refractivity contribution < 1.29 is 0 Å². The van der Waals surface area contributed by atoms with Crippen LogP contribution in [-0.2, 0) is 0 Å². The monoisotopic (exact) mass is 291 g/mol. The summed E-state index contributed by atoms with van der Waals surface area (Å²) in [5.41, 5.74) is -0.272. The van der Waals surface area contributed by atoms with E-state index in [0.29, 0.717) is 6.04 Å². The van der Waals surface area contributed by atoms with E-state index in [4.69, 9.17) is 0 Å². The van der Waals surface area contributed by atoms with Gasteiger partial charge < -0.3 is 4.90 Å². The molecule has 21 heavy (non-hydrogen) atoms. The van der Waals surface area contributed by atoms with Crippen molar-refractivity contribution in [3.05, 3.63) is 0 Å². The van der Waals surface area contributed by atoms with Gasteiger partial charge in [0.25, 0.3) is 0 Å². The van der Waals surface area contributed by atoms with Gasteiger partial charge in [0.15, 0.2) is 0 Å². The standard InChI is InChI=1S/C18H33N3/c1-3-18(15-19,20-16-11-12-16)13-8-14-21(2)17-9-6-4-5-7-10-17/h16-17,20H,3-14H2,1-2H3. The summed E-state index contributed by atoms with van der Waals surface area (Å²) in [7, 11) is 2.28. The molecule has 0 heterocycles. The largest absolute Gasteiger partial charge is 0.303 e. The van der Waals surface area contributed by atoms with E-state index >= 15 is 0 Å². The molecule has 2 rings (SSSR count). The highest BCUT2D eigenvalue weighted by atomic mass is 15.1. The van der Waals surface area contributed by atoms with E-state index < -0.39 is 0 Å². The van der Waals surface area contributed by atoms with E-state index in [1.807, 2.05) is 0 Å². The van der Waals surface area contributed by atoms with Crippen LogP contribution in [-0.4, -0.2) is 36.1 Å². The molecule has 0 aromatic carbocycles. The first-order chi connectivity index (χ1) is 10.2. The Morgan fingerprint density at radius 3 is 2.33 bits per heavy atom. The van der Waals surface area contributed by atoms with Gasteiger partial charge in [0.1, 0.15) is 5.54 Å². The molecule has 2 aliphatic carbocycles. The Kier molecular flexibility index (Phi) is 6.51. The second kappa shape index (κ2) is 8.15. The molecule has 0 bridgehead atoms. The molecule has 3 heteroatoms. The van der Waals surface area contributed by atoms with Crippen molar-refractivity contribution in [2.75, 3.05) is 13.6 Å². The molecule has 120 valence electrons. The highest BCUT2D eigenvalue weighted by Gasteiger charge is 2.34. The van der Waals surface area contributed by atoms with Gasteiger partial charge in [0, 0.05) is 12.1 Å². The van der Waals surface area contributed by atoms with E-state index in [1.165, 1.54) is 51.4 Å². The van der Waals surface area contributed by atoms with Gasteiger partial charge in [0.05, 0.1) is 6.07 Å². The summed E-state index contributed by atoms with van der Waals surface area (Å²) < 4.78 is 0. The van der Waals surface area contributed by atoms with Gasteiger partial charge in [-0.3, -0.25) is 5.32 Å². The Hall–Kier alpha value is -0.590. The summed E-state index contributed by atoms with van der Waals surface area (Å²) in [5, 5.41) is 13.2. The van der Waals surface area contributed by atoms with Crippen molar-refractivity contribution in [3.63, 3.8) is 0 Å². The predicted octanol–water partition coefficient (Wildman–Crippen LogP) is 3.85. The Morgan fingerprint density at radius 1 is 1.14 bits per heavy atom. The number of nitriles is 1. The zero-order valence-electron chi connectivity index (χ0n) is 14.0. The van der Waals surface area contributed by atoms with Crippen LogP contribution in [0.1, 0.15) is 77.6 Å². The fourth-order valence-corrected chi connectivity index (χ4v) is 3.65. The minimum absolute atomic E-state index is 0.272. The molecule has 0 aromatic rings. The summed E-state index contributed by atoms with van der Waals surface area (Å²) >= 11 is 0. The molecular formula is C18H33N3. The van der Waals surface area contributed by atoms with Crippen LogP contribution in [0.3, 0.4) is 0 Å². The van der Waals surface area contributed by atoms with Gasteiger partial charge in [-0.15, -0.1) is 0 Å². The predicted molar refractivity (Wildman–Crippen MR) is 88.1 cm³/mol. The molecule has 0 amide bonds. The molecule has 0 aromatic heterocycles. The normalized spacial score (nSPS) is 23.5. The smallest absolute Gasteiger partial charge is 0.106 e. The van der Waals surface area contributed by atoms with Crippen molar-refractivity contribution in [1.29, 1.82) is 5.26 Å². The summed E-state index contributed by atoms with van der Waals surface area (Å²) in [6.07, 6.45) is 13.9. The third-order valence-electron chi connectivity index (χ3n) is 5.44. The van der Waals surface area contributed by atoms with Gasteiger partial charge in [0.2, 0.25) is 0 Å². The third-order valence-corrected chi connectivity index (χ3v) is 5.44. The lowest BCUT2D eigenvalue weighted by Gasteiger charge is -2.30. The highest BCUT2D eigenvalue weighted by molar-refractivity contribution is 5.09. The van der Waals surface area contributed by atoms with Crippen LogP contribution in [0, 0.1) is 11.3 Å². The van der Waals surface area contributed by atoms with Crippen molar-refractivity contribution in [2.24, 2.45) is 0 Å². The molecule has 0 spiro atoms. The first-order valence-electron chi connectivity index (χ1n) is 9.08. The zero-order chi connectivity index (χ0) is 15.1. The molecule has 1 N–H and O–H groups in total. The lowest BCUT2D eigenvalue weighted by molar-refractivity contribution is 0.208. The average molecular weight is 291 g/mol. The molecule has 2 saturated carbocycles. The van der Waals surface area contributed by atoms with E-state index in [0.717, 1.165) is 31.8 Å². The first-order valence-corrected chi connectivity index (χ1v) is 9.08. The fourth-order valence-electron chi connectivity index (χ4n) is 3.65. The van der Waals surface area contributed by atoms with Gasteiger partial charge in [-0.25, -0.2) is 0 Å².